The van der Waals surface area contributed by atoms with Gasteiger partial charge in [-0.15, -0.1) is 11.3 Å². The molecular formula is C23H22N4O2S. The summed E-state index contributed by atoms with van der Waals surface area (Å²) in [6, 6.07) is 13.6. The number of nitrogens with one attached hydrogen (secondary N) is 1. The van der Waals surface area contributed by atoms with E-state index in [4.69, 9.17) is 0 Å². The summed E-state index contributed by atoms with van der Waals surface area (Å²) >= 11 is 1.24. The van der Waals surface area contributed by atoms with Crippen LogP contribution in [-0.4, -0.2) is 20.4 Å². The molecule has 4 rings (SSSR count). The number of pyridine rings is 1. The predicted octanol–water partition coefficient (Wildman–Crippen LogP) is 3.72. The zero-order valence-electron chi connectivity index (χ0n) is 17.0. The van der Waals surface area contributed by atoms with Crippen LogP contribution >= 0.6 is 11.3 Å². The van der Waals surface area contributed by atoms with E-state index in [2.05, 4.69) is 39.6 Å². The Morgan fingerprint density at radius 1 is 1.13 bits per heavy atom. The fourth-order valence-electron chi connectivity index (χ4n) is 3.42. The Balaban J connectivity index is 1.67. The summed E-state index contributed by atoms with van der Waals surface area (Å²) in [5, 5.41) is 3.62. The monoisotopic (exact) mass is 418 g/mol. The molecule has 0 bridgehead atoms. The molecule has 0 saturated carbocycles. The molecule has 1 N–H and O–H groups in total. The van der Waals surface area contributed by atoms with Crippen molar-refractivity contribution in [2.75, 3.05) is 0 Å². The zero-order chi connectivity index (χ0) is 21.3. The number of hydrogen-bond donors (Lipinski definition) is 1. The molecule has 152 valence electrons. The summed E-state index contributed by atoms with van der Waals surface area (Å²) in [5.41, 5.74) is 3.61. The third-order valence-corrected chi connectivity index (χ3v) is 6.33. The maximum absolute atomic E-state index is 13.2. The van der Waals surface area contributed by atoms with Crippen LogP contribution in [0.4, 0.5) is 0 Å². The highest BCUT2D eigenvalue weighted by atomic mass is 32.1. The van der Waals surface area contributed by atoms with Crippen LogP contribution in [0.25, 0.3) is 10.2 Å². The van der Waals surface area contributed by atoms with Gasteiger partial charge < -0.3 is 9.88 Å². The molecule has 6 nitrogen and oxygen atoms in total. The largest absolute Gasteiger partial charge is 0.343 e. The number of rotatable bonds is 5. The van der Waals surface area contributed by atoms with Gasteiger partial charge in [-0.3, -0.25) is 14.6 Å². The highest BCUT2D eigenvalue weighted by Crippen LogP contribution is 2.27. The van der Waals surface area contributed by atoms with Crippen molar-refractivity contribution in [3.63, 3.8) is 0 Å². The highest BCUT2D eigenvalue weighted by Gasteiger charge is 2.23. The topological polar surface area (TPSA) is 76.9 Å². The van der Waals surface area contributed by atoms with Crippen molar-refractivity contribution in [1.29, 1.82) is 0 Å². The fraction of sp³-hybridized carbons (Fsp3) is 0.217. The SMILES string of the molecule is Cc1ccc(CC(NC(=O)c2sc3ncn(C)c(=O)c3c2C)c2ccccn2)cc1. The first-order valence-electron chi connectivity index (χ1n) is 9.66. The minimum Gasteiger partial charge on any atom is -0.343 e. The summed E-state index contributed by atoms with van der Waals surface area (Å²) in [6.45, 7) is 3.84. The number of thiophene rings is 1. The Morgan fingerprint density at radius 2 is 1.90 bits per heavy atom. The van der Waals surface area contributed by atoms with Gasteiger partial charge >= 0.3 is 0 Å². The predicted molar refractivity (Wildman–Crippen MR) is 119 cm³/mol. The molecule has 1 atom stereocenters. The molecule has 0 radical (unpaired) electrons. The summed E-state index contributed by atoms with van der Waals surface area (Å²) in [5.74, 6) is -0.222. The Bertz CT molecular complexity index is 1260. The van der Waals surface area contributed by atoms with Crippen LogP contribution in [0.15, 0.2) is 59.8 Å². The van der Waals surface area contributed by atoms with Gasteiger partial charge in [-0.05, 0) is 43.5 Å². The van der Waals surface area contributed by atoms with Crippen molar-refractivity contribution in [2.24, 2.45) is 7.05 Å². The summed E-state index contributed by atoms with van der Waals surface area (Å²) in [4.78, 5) is 35.5. The van der Waals surface area contributed by atoms with Crippen LogP contribution in [-0.2, 0) is 13.5 Å². The van der Waals surface area contributed by atoms with Crippen LogP contribution < -0.4 is 10.9 Å². The van der Waals surface area contributed by atoms with E-state index in [1.54, 1.807) is 20.2 Å². The standard InChI is InChI=1S/C23H22N4O2S/c1-14-7-9-16(10-8-14)12-18(17-6-4-5-11-24-17)26-21(28)20-15(2)19-22(30-20)25-13-27(3)23(19)29/h4-11,13,18H,12H2,1-3H3,(H,26,28). The normalized spacial score (nSPS) is 12.1. The van der Waals surface area contributed by atoms with Crippen molar-refractivity contribution in [3.05, 3.63) is 92.6 Å². The Labute approximate surface area is 178 Å². The van der Waals surface area contributed by atoms with Crippen LogP contribution in [0.2, 0.25) is 0 Å². The molecular weight excluding hydrogens is 396 g/mol. The van der Waals surface area contributed by atoms with Gasteiger partial charge in [-0.1, -0.05) is 35.9 Å². The molecule has 0 saturated heterocycles. The molecule has 3 aromatic heterocycles. The van der Waals surface area contributed by atoms with E-state index in [1.807, 2.05) is 25.1 Å². The van der Waals surface area contributed by atoms with Crippen LogP contribution in [0.5, 0.6) is 0 Å². The molecule has 4 aromatic rings. The second-order valence-corrected chi connectivity index (χ2v) is 8.37. The van der Waals surface area contributed by atoms with Crippen molar-refractivity contribution < 1.29 is 4.79 Å². The smallest absolute Gasteiger partial charge is 0.262 e. The third kappa shape index (κ3) is 3.89. The number of carbonyl (C=O) groups excluding carboxylic acids is 1. The lowest BCUT2D eigenvalue weighted by atomic mass is 10.0. The molecule has 1 unspecified atom stereocenters. The van der Waals surface area contributed by atoms with E-state index in [-0.39, 0.29) is 17.5 Å². The maximum atomic E-state index is 13.2. The Kier molecular flexibility index (Phi) is 5.46. The first kappa shape index (κ1) is 20.0. The van der Waals surface area contributed by atoms with E-state index in [9.17, 15) is 9.59 Å². The lowest BCUT2D eigenvalue weighted by Crippen LogP contribution is -2.30. The van der Waals surface area contributed by atoms with E-state index in [0.717, 1.165) is 11.3 Å². The highest BCUT2D eigenvalue weighted by molar-refractivity contribution is 7.20. The van der Waals surface area contributed by atoms with Crippen LogP contribution in [0.3, 0.4) is 0 Å². The number of benzene rings is 1. The number of amides is 1. The van der Waals surface area contributed by atoms with E-state index < -0.39 is 0 Å². The van der Waals surface area contributed by atoms with Crippen molar-refractivity contribution in [1.82, 2.24) is 19.9 Å². The molecule has 0 spiro atoms. The summed E-state index contributed by atoms with van der Waals surface area (Å²) in [6.07, 6.45) is 3.82. The van der Waals surface area contributed by atoms with Gasteiger partial charge in [0.2, 0.25) is 0 Å². The van der Waals surface area contributed by atoms with Gasteiger partial charge in [0.05, 0.1) is 28.3 Å². The van der Waals surface area contributed by atoms with Gasteiger partial charge in [0, 0.05) is 13.2 Å². The lowest BCUT2D eigenvalue weighted by molar-refractivity contribution is 0.0939. The first-order chi connectivity index (χ1) is 14.4. The Hall–Kier alpha value is -3.32. The maximum Gasteiger partial charge on any atom is 0.262 e. The number of nitrogens with zero attached hydrogens (tertiary/aromatic N) is 3. The van der Waals surface area contributed by atoms with Gasteiger partial charge in [0.25, 0.3) is 11.5 Å². The van der Waals surface area contributed by atoms with Gasteiger partial charge in [-0.25, -0.2) is 4.98 Å². The van der Waals surface area contributed by atoms with Crippen molar-refractivity contribution in [2.45, 2.75) is 26.3 Å². The van der Waals surface area contributed by atoms with E-state index in [1.165, 1.54) is 27.8 Å². The molecule has 1 aromatic carbocycles. The fourth-order valence-corrected chi connectivity index (χ4v) is 4.46. The molecule has 3 heterocycles. The molecule has 0 aliphatic carbocycles. The minimum atomic E-state index is -0.290. The first-order valence-corrected chi connectivity index (χ1v) is 10.5. The van der Waals surface area contributed by atoms with E-state index in [0.29, 0.717) is 27.1 Å². The lowest BCUT2D eigenvalue weighted by Gasteiger charge is -2.18. The van der Waals surface area contributed by atoms with E-state index >= 15 is 0 Å². The number of fused-ring (bicyclic) bond motifs is 1. The number of aryl methyl sites for hydroxylation is 3. The number of hydrogen-bond acceptors (Lipinski definition) is 5. The third-order valence-electron chi connectivity index (χ3n) is 5.13. The van der Waals surface area contributed by atoms with Gasteiger partial charge in [-0.2, -0.15) is 0 Å². The molecule has 1 amide bonds. The van der Waals surface area contributed by atoms with Crippen LogP contribution in [0.1, 0.15) is 38.1 Å². The second kappa shape index (κ2) is 8.20. The van der Waals surface area contributed by atoms with Crippen molar-refractivity contribution in [3.8, 4) is 0 Å². The molecule has 0 fully saturated rings. The Morgan fingerprint density at radius 3 is 2.60 bits per heavy atom. The summed E-state index contributed by atoms with van der Waals surface area (Å²) < 4.78 is 1.43. The zero-order valence-corrected chi connectivity index (χ0v) is 17.9. The minimum absolute atomic E-state index is 0.145. The molecule has 30 heavy (non-hydrogen) atoms. The average Bonchev–Trinajstić information content (AvgIpc) is 3.09. The second-order valence-electron chi connectivity index (χ2n) is 7.37. The average molecular weight is 419 g/mol. The van der Waals surface area contributed by atoms with Crippen molar-refractivity contribution >= 4 is 27.5 Å². The van der Waals surface area contributed by atoms with Gasteiger partial charge in [0.15, 0.2) is 0 Å². The quantitative estimate of drug-likeness (QED) is 0.536. The molecule has 0 aliphatic rings. The number of carbonyl (C=O) groups is 1. The molecule has 7 heteroatoms. The van der Waals surface area contributed by atoms with Gasteiger partial charge in [0.1, 0.15) is 4.83 Å². The van der Waals surface area contributed by atoms with Crippen LogP contribution in [0, 0.1) is 13.8 Å². The molecule has 0 aliphatic heterocycles. The number of aromatic nitrogens is 3. The summed E-state index contributed by atoms with van der Waals surface area (Å²) in [7, 11) is 1.66.